The smallest absolute Gasteiger partial charge is 0.276 e. The van der Waals surface area contributed by atoms with E-state index in [0.29, 0.717) is 37.0 Å². The number of benzene rings is 1. The first-order valence-electron chi connectivity index (χ1n) is 7.53. The van der Waals surface area contributed by atoms with Crippen LogP contribution in [0, 0.1) is 0 Å². The topological polar surface area (TPSA) is 76.5 Å². The average molecular weight is 349 g/mol. The maximum Gasteiger partial charge on any atom is 0.276 e. The predicted octanol–water partition coefficient (Wildman–Crippen LogP) is 1.52. The Bertz CT molecular complexity index is 815. The lowest BCUT2D eigenvalue weighted by molar-refractivity contribution is 0.102. The van der Waals surface area contributed by atoms with Crippen LogP contribution in [0.2, 0.25) is 5.02 Å². The molecule has 1 saturated heterocycles. The maximum absolute atomic E-state index is 12.4. The van der Waals surface area contributed by atoms with Gasteiger partial charge in [0.25, 0.3) is 11.5 Å². The molecule has 7 nitrogen and oxygen atoms in total. The highest BCUT2D eigenvalue weighted by Crippen LogP contribution is 2.34. The molecule has 1 aliphatic rings. The van der Waals surface area contributed by atoms with Crippen molar-refractivity contribution < 1.29 is 9.53 Å². The number of para-hydroxylation sites is 1. The fourth-order valence-corrected chi connectivity index (χ4v) is 2.83. The molecule has 2 aromatic rings. The van der Waals surface area contributed by atoms with E-state index in [2.05, 4.69) is 15.3 Å². The number of carbonyl (C=O) groups is 1. The van der Waals surface area contributed by atoms with Gasteiger partial charge in [0.15, 0.2) is 0 Å². The number of nitrogens with zero attached hydrogens (tertiary/aromatic N) is 3. The summed E-state index contributed by atoms with van der Waals surface area (Å²) in [6.07, 6.45) is 0. The molecule has 1 aliphatic heterocycles. The molecule has 24 heavy (non-hydrogen) atoms. The van der Waals surface area contributed by atoms with Crippen LogP contribution >= 0.6 is 11.6 Å². The largest absolute Gasteiger partial charge is 0.378 e. The van der Waals surface area contributed by atoms with Crippen LogP contribution in [0.15, 0.2) is 35.1 Å². The van der Waals surface area contributed by atoms with Crippen LogP contribution in [0.5, 0.6) is 0 Å². The Kier molecular flexibility index (Phi) is 4.82. The average Bonchev–Trinajstić information content (AvgIpc) is 2.58. The van der Waals surface area contributed by atoms with E-state index in [-0.39, 0.29) is 11.3 Å². The Morgan fingerprint density at radius 1 is 1.25 bits per heavy atom. The SMILES string of the molecule is Cn1nc(C(=O)Nc2cccc(Cl)c2N2CCOCC2)ccc1=O. The second-order valence-electron chi connectivity index (χ2n) is 5.37. The molecule has 1 fully saturated rings. The van der Waals surface area contributed by atoms with Crippen molar-refractivity contribution in [3.8, 4) is 0 Å². The maximum atomic E-state index is 12.4. The van der Waals surface area contributed by atoms with Gasteiger partial charge in [0.2, 0.25) is 0 Å². The minimum absolute atomic E-state index is 0.157. The molecule has 0 saturated carbocycles. The third kappa shape index (κ3) is 3.42. The van der Waals surface area contributed by atoms with E-state index in [4.69, 9.17) is 16.3 Å². The Morgan fingerprint density at radius 3 is 2.71 bits per heavy atom. The van der Waals surface area contributed by atoms with E-state index in [1.54, 1.807) is 18.2 Å². The number of rotatable bonds is 3. The second kappa shape index (κ2) is 7.02. The van der Waals surface area contributed by atoms with Gasteiger partial charge in [-0.1, -0.05) is 17.7 Å². The van der Waals surface area contributed by atoms with E-state index in [1.165, 1.54) is 19.2 Å². The van der Waals surface area contributed by atoms with Crippen molar-refractivity contribution >= 4 is 28.9 Å². The minimum Gasteiger partial charge on any atom is -0.378 e. The van der Waals surface area contributed by atoms with Crippen LogP contribution in [0.3, 0.4) is 0 Å². The molecule has 0 radical (unpaired) electrons. The van der Waals surface area contributed by atoms with E-state index >= 15 is 0 Å². The number of ether oxygens (including phenoxy) is 1. The van der Waals surface area contributed by atoms with E-state index < -0.39 is 5.91 Å². The molecular weight excluding hydrogens is 332 g/mol. The third-order valence-electron chi connectivity index (χ3n) is 3.76. The second-order valence-corrected chi connectivity index (χ2v) is 5.78. The Labute approximate surface area is 143 Å². The molecule has 2 heterocycles. The standard InChI is InChI=1S/C16H17ClN4O3/c1-20-14(22)6-5-13(19-20)16(23)18-12-4-2-3-11(17)15(12)21-7-9-24-10-8-21/h2-6H,7-10H2,1H3,(H,18,23). The monoisotopic (exact) mass is 348 g/mol. The summed E-state index contributed by atoms with van der Waals surface area (Å²) in [5.74, 6) is -0.401. The first-order chi connectivity index (χ1) is 11.6. The van der Waals surface area contributed by atoms with Crippen LogP contribution in [-0.2, 0) is 11.8 Å². The van der Waals surface area contributed by atoms with E-state index in [1.807, 2.05) is 0 Å². The van der Waals surface area contributed by atoms with E-state index in [0.717, 1.165) is 10.4 Å². The zero-order valence-corrected chi connectivity index (χ0v) is 13.9. The first-order valence-corrected chi connectivity index (χ1v) is 7.91. The number of aromatic nitrogens is 2. The predicted molar refractivity (Wildman–Crippen MR) is 91.9 cm³/mol. The zero-order valence-electron chi connectivity index (χ0n) is 13.2. The van der Waals surface area contributed by atoms with Gasteiger partial charge < -0.3 is 15.0 Å². The van der Waals surface area contributed by atoms with Crippen molar-refractivity contribution in [2.24, 2.45) is 7.05 Å². The fourth-order valence-electron chi connectivity index (χ4n) is 2.53. The zero-order chi connectivity index (χ0) is 17.1. The molecule has 0 aliphatic carbocycles. The molecule has 0 bridgehead atoms. The van der Waals surface area contributed by atoms with Crippen LogP contribution in [-0.4, -0.2) is 42.0 Å². The lowest BCUT2D eigenvalue weighted by Gasteiger charge is -2.31. The Balaban J connectivity index is 1.89. The van der Waals surface area contributed by atoms with Crippen LogP contribution < -0.4 is 15.8 Å². The first kappa shape index (κ1) is 16.5. The summed E-state index contributed by atoms with van der Waals surface area (Å²) >= 11 is 6.34. The van der Waals surface area contributed by atoms with E-state index in [9.17, 15) is 9.59 Å². The molecule has 126 valence electrons. The van der Waals surface area contributed by atoms with Gasteiger partial charge in [-0.05, 0) is 18.2 Å². The highest BCUT2D eigenvalue weighted by atomic mass is 35.5. The van der Waals surface area contributed by atoms with Crippen molar-refractivity contribution in [1.82, 2.24) is 9.78 Å². The molecular formula is C16H17ClN4O3. The molecule has 1 aromatic heterocycles. The van der Waals surface area contributed by atoms with Gasteiger partial charge in [0.1, 0.15) is 5.69 Å². The highest BCUT2D eigenvalue weighted by Gasteiger charge is 2.20. The van der Waals surface area contributed by atoms with Crippen molar-refractivity contribution in [3.63, 3.8) is 0 Å². The van der Waals surface area contributed by atoms with Gasteiger partial charge in [-0.15, -0.1) is 0 Å². The summed E-state index contributed by atoms with van der Waals surface area (Å²) in [4.78, 5) is 25.9. The van der Waals surface area contributed by atoms with Crippen LogP contribution in [0.4, 0.5) is 11.4 Å². The summed E-state index contributed by atoms with van der Waals surface area (Å²) in [6, 6.07) is 8.05. The Morgan fingerprint density at radius 2 is 2.00 bits per heavy atom. The van der Waals surface area contributed by atoms with Gasteiger partial charge in [-0.2, -0.15) is 5.10 Å². The summed E-state index contributed by atoms with van der Waals surface area (Å²) < 4.78 is 6.48. The van der Waals surface area contributed by atoms with Gasteiger partial charge in [0, 0.05) is 26.2 Å². The lowest BCUT2D eigenvalue weighted by Crippen LogP contribution is -2.37. The number of amides is 1. The normalized spacial score (nSPS) is 14.5. The van der Waals surface area contributed by atoms with Gasteiger partial charge >= 0.3 is 0 Å². The quantitative estimate of drug-likeness (QED) is 0.910. The van der Waals surface area contributed by atoms with Gasteiger partial charge in [-0.3, -0.25) is 9.59 Å². The number of aryl methyl sites for hydroxylation is 1. The van der Waals surface area contributed by atoms with Crippen LogP contribution in [0.1, 0.15) is 10.5 Å². The number of anilines is 2. The molecule has 3 rings (SSSR count). The number of morpholine rings is 1. The molecule has 1 amide bonds. The fraction of sp³-hybridized carbons (Fsp3) is 0.312. The van der Waals surface area contributed by atoms with Gasteiger partial charge in [-0.25, -0.2) is 4.68 Å². The molecule has 8 heteroatoms. The van der Waals surface area contributed by atoms with Crippen molar-refractivity contribution in [2.45, 2.75) is 0 Å². The number of hydrogen-bond donors (Lipinski definition) is 1. The summed E-state index contributed by atoms with van der Waals surface area (Å²) in [5.41, 5.74) is 1.25. The molecule has 1 aromatic carbocycles. The molecule has 1 N–H and O–H groups in total. The number of carbonyl (C=O) groups excluding carboxylic acids is 1. The number of halogens is 1. The highest BCUT2D eigenvalue weighted by molar-refractivity contribution is 6.34. The van der Waals surface area contributed by atoms with Crippen molar-refractivity contribution in [2.75, 3.05) is 36.5 Å². The number of hydrogen-bond acceptors (Lipinski definition) is 5. The van der Waals surface area contributed by atoms with Crippen LogP contribution in [0.25, 0.3) is 0 Å². The third-order valence-corrected chi connectivity index (χ3v) is 4.06. The summed E-state index contributed by atoms with van der Waals surface area (Å²) in [7, 11) is 1.50. The summed E-state index contributed by atoms with van der Waals surface area (Å²) in [5, 5.41) is 7.35. The molecule has 0 atom stereocenters. The summed E-state index contributed by atoms with van der Waals surface area (Å²) in [6.45, 7) is 2.62. The lowest BCUT2D eigenvalue weighted by atomic mass is 10.2. The molecule has 0 spiro atoms. The van der Waals surface area contributed by atoms with Crippen molar-refractivity contribution in [3.05, 3.63) is 51.4 Å². The Hall–Kier alpha value is -2.38. The van der Waals surface area contributed by atoms with Crippen molar-refractivity contribution in [1.29, 1.82) is 0 Å². The van der Waals surface area contributed by atoms with Gasteiger partial charge in [0.05, 0.1) is 29.6 Å². The molecule has 0 unspecified atom stereocenters. The number of nitrogens with one attached hydrogen (secondary N) is 1. The minimum atomic E-state index is -0.401.